The lowest BCUT2D eigenvalue weighted by Gasteiger charge is -2.16. The molecule has 0 radical (unpaired) electrons. The van der Waals surface area contributed by atoms with Gasteiger partial charge in [0.25, 0.3) is 5.91 Å². The zero-order valence-electron chi connectivity index (χ0n) is 11.9. The van der Waals surface area contributed by atoms with Crippen LogP contribution in [0.15, 0.2) is 30.9 Å². The zero-order valence-corrected chi connectivity index (χ0v) is 11.9. The number of hydrogen-bond donors (Lipinski definition) is 1. The third-order valence-corrected chi connectivity index (χ3v) is 2.66. The maximum absolute atomic E-state index is 11.7. The monoisotopic (exact) mass is 277 g/mol. The number of carbonyl (C=O) groups is 2. The van der Waals surface area contributed by atoms with Crippen LogP contribution in [0.2, 0.25) is 0 Å². The van der Waals surface area contributed by atoms with Crippen molar-refractivity contribution in [2.75, 3.05) is 13.7 Å². The molecule has 0 saturated carbocycles. The minimum absolute atomic E-state index is 0.0633. The molecule has 0 aliphatic rings. The van der Waals surface area contributed by atoms with Crippen molar-refractivity contribution in [3.05, 3.63) is 36.4 Å². The van der Waals surface area contributed by atoms with Crippen molar-refractivity contribution in [2.45, 2.75) is 20.0 Å². The second-order valence-electron chi connectivity index (χ2n) is 4.22. The fourth-order valence-electron chi connectivity index (χ4n) is 1.54. The van der Waals surface area contributed by atoms with Crippen molar-refractivity contribution in [1.82, 2.24) is 5.32 Å². The minimum Gasteiger partial charge on any atom is -0.493 e. The SMILES string of the molecule is C=CCNC(=O)C(C)Oc1ccc(C(C)=O)cc1OC. The summed E-state index contributed by atoms with van der Waals surface area (Å²) in [6.45, 7) is 7.01. The number of nitrogens with one attached hydrogen (secondary N) is 1. The first kappa shape index (κ1) is 15.8. The van der Waals surface area contributed by atoms with Gasteiger partial charge < -0.3 is 14.8 Å². The average molecular weight is 277 g/mol. The Morgan fingerprint density at radius 1 is 1.40 bits per heavy atom. The van der Waals surface area contributed by atoms with E-state index in [-0.39, 0.29) is 11.7 Å². The molecule has 108 valence electrons. The van der Waals surface area contributed by atoms with E-state index in [0.29, 0.717) is 23.6 Å². The van der Waals surface area contributed by atoms with E-state index in [0.717, 1.165) is 0 Å². The Balaban J connectivity index is 2.83. The van der Waals surface area contributed by atoms with Crippen LogP contribution in [0.4, 0.5) is 0 Å². The number of methoxy groups -OCH3 is 1. The van der Waals surface area contributed by atoms with Crippen LogP contribution >= 0.6 is 0 Å². The molecule has 0 aliphatic carbocycles. The van der Waals surface area contributed by atoms with E-state index < -0.39 is 6.10 Å². The van der Waals surface area contributed by atoms with Crippen LogP contribution in [0.5, 0.6) is 11.5 Å². The van der Waals surface area contributed by atoms with Crippen molar-refractivity contribution in [1.29, 1.82) is 0 Å². The number of hydrogen-bond acceptors (Lipinski definition) is 4. The first-order valence-corrected chi connectivity index (χ1v) is 6.23. The maximum Gasteiger partial charge on any atom is 0.261 e. The van der Waals surface area contributed by atoms with Crippen LogP contribution < -0.4 is 14.8 Å². The van der Waals surface area contributed by atoms with Gasteiger partial charge in [0.1, 0.15) is 0 Å². The first-order valence-electron chi connectivity index (χ1n) is 6.23. The molecule has 1 rings (SSSR count). The summed E-state index contributed by atoms with van der Waals surface area (Å²) >= 11 is 0. The Morgan fingerprint density at radius 3 is 2.65 bits per heavy atom. The van der Waals surface area contributed by atoms with Gasteiger partial charge in [0.15, 0.2) is 23.4 Å². The van der Waals surface area contributed by atoms with E-state index in [4.69, 9.17) is 9.47 Å². The van der Waals surface area contributed by atoms with Crippen LogP contribution in [0, 0.1) is 0 Å². The molecule has 0 heterocycles. The molecule has 5 nitrogen and oxygen atoms in total. The van der Waals surface area contributed by atoms with E-state index in [2.05, 4.69) is 11.9 Å². The lowest BCUT2D eigenvalue weighted by molar-refractivity contribution is -0.127. The molecule has 1 N–H and O–H groups in total. The molecular weight excluding hydrogens is 258 g/mol. The fourth-order valence-corrected chi connectivity index (χ4v) is 1.54. The molecule has 5 heteroatoms. The summed E-state index contributed by atoms with van der Waals surface area (Å²) in [7, 11) is 1.48. The molecule has 1 unspecified atom stereocenters. The first-order chi connectivity index (χ1) is 9.49. The number of benzene rings is 1. The summed E-state index contributed by atoms with van der Waals surface area (Å²) in [4.78, 5) is 23.0. The summed E-state index contributed by atoms with van der Waals surface area (Å²) in [5, 5.41) is 2.64. The van der Waals surface area contributed by atoms with Gasteiger partial charge in [-0.3, -0.25) is 9.59 Å². The van der Waals surface area contributed by atoms with Gasteiger partial charge in [0, 0.05) is 12.1 Å². The highest BCUT2D eigenvalue weighted by molar-refractivity contribution is 5.94. The average Bonchev–Trinajstić information content (AvgIpc) is 2.44. The molecule has 0 saturated heterocycles. The topological polar surface area (TPSA) is 64.6 Å². The Bertz CT molecular complexity index is 511. The highest BCUT2D eigenvalue weighted by Gasteiger charge is 2.16. The molecule has 1 amide bonds. The van der Waals surface area contributed by atoms with Gasteiger partial charge in [-0.25, -0.2) is 0 Å². The molecule has 1 atom stereocenters. The van der Waals surface area contributed by atoms with E-state index in [9.17, 15) is 9.59 Å². The number of amides is 1. The standard InChI is InChI=1S/C15H19NO4/c1-5-8-16-15(18)11(3)20-13-7-6-12(10(2)17)9-14(13)19-4/h5-7,9,11H,1,8H2,2-4H3,(H,16,18). The summed E-state index contributed by atoms with van der Waals surface area (Å²) in [5.41, 5.74) is 0.526. The van der Waals surface area contributed by atoms with Gasteiger partial charge in [0.05, 0.1) is 7.11 Å². The van der Waals surface area contributed by atoms with E-state index in [1.165, 1.54) is 14.0 Å². The number of ketones is 1. The maximum atomic E-state index is 11.7. The summed E-state index contributed by atoms with van der Waals surface area (Å²) in [6.07, 6.45) is 0.916. The summed E-state index contributed by atoms with van der Waals surface area (Å²) < 4.78 is 10.7. The molecular formula is C15H19NO4. The Labute approximate surface area is 118 Å². The smallest absolute Gasteiger partial charge is 0.261 e. The van der Waals surface area contributed by atoms with Crippen molar-refractivity contribution in [2.24, 2.45) is 0 Å². The number of ether oxygens (including phenoxy) is 2. The third-order valence-electron chi connectivity index (χ3n) is 2.66. The zero-order chi connectivity index (χ0) is 15.1. The van der Waals surface area contributed by atoms with E-state index in [1.807, 2.05) is 0 Å². The quantitative estimate of drug-likeness (QED) is 0.611. The highest BCUT2D eigenvalue weighted by Crippen LogP contribution is 2.29. The second kappa shape index (κ2) is 7.33. The normalized spacial score (nSPS) is 11.3. The van der Waals surface area contributed by atoms with Crippen LogP contribution in [-0.4, -0.2) is 31.4 Å². The number of carbonyl (C=O) groups excluding carboxylic acids is 2. The second-order valence-corrected chi connectivity index (χ2v) is 4.22. The molecule has 0 aliphatic heterocycles. The van der Waals surface area contributed by atoms with Crippen molar-refractivity contribution in [3.63, 3.8) is 0 Å². The van der Waals surface area contributed by atoms with Gasteiger partial charge in [-0.1, -0.05) is 6.08 Å². The van der Waals surface area contributed by atoms with Crippen LogP contribution in [0.3, 0.4) is 0 Å². The molecule has 20 heavy (non-hydrogen) atoms. The predicted octanol–water partition coefficient (Wildman–Crippen LogP) is 1.97. The fraction of sp³-hybridized carbons (Fsp3) is 0.333. The van der Waals surface area contributed by atoms with Gasteiger partial charge in [-0.2, -0.15) is 0 Å². The van der Waals surface area contributed by atoms with Gasteiger partial charge in [0.2, 0.25) is 0 Å². The molecule has 0 bridgehead atoms. The lowest BCUT2D eigenvalue weighted by atomic mass is 10.1. The van der Waals surface area contributed by atoms with Gasteiger partial charge >= 0.3 is 0 Å². The van der Waals surface area contributed by atoms with Gasteiger partial charge in [-0.15, -0.1) is 6.58 Å². The minimum atomic E-state index is -0.674. The number of rotatable bonds is 7. The molecule has 0 aromatic heterocycles. The summed E-state index contributed by atoms with van der Waals surface area (Å²) in [6, 6.07) is 4.84. The Kier molecular flexibility index (Phi) is 5.77. The molecule has 0 fully saturated rings. The third kappa shape index (κ3) is 4.12. The van der Waals surface area contributed by atoms with Gasteiger partial charge in [-0.05, 0) is 32.0 Å². The summed E-state index contributed by atoms with van der Waals surface area (Å²) in [5.74, 6) is 0.522. The van der Waals surface area contributed by atoms with Crippen molar-refractivity contribution >= 4 is 11.7 Å². The highest BCUT2D eigenvalue weighted by atomic mass is 16.5. The van der Waals surface area contributed by atoms with Crippen LogP contribution in [0.1, 0.15) is 24.2 Å². The van der Waals surface area contributed by atoms with Crippen LogP contribution in [0.25, 0.3) is 0 Å². The van der Waals surface area contributed by atoms with E-state index >= 15 is 0 Å². The van der Waals surface area contributed by atoms with Crippen molar-refractivity contribution < 1.29 is 19.1 Å². The largest absolute Gasteiger partial charge is 0.493 e. The predicted molar refractivity (Wildman–Crippen MR) is 76.3 cm³/mol. The molecule has 1 aromatic carbocycles. The Morgan fingerprint density at radius 2 is 2.10 bits per heavy atom. The number of Topliss-reactive ketones (excluding diaryl/α,β-unsaturated/α-hetero) is 1. The molecule has 0 spiro atoms. The van der Waals surface area contributed by atoms with E-state index in [1.54, 1.807) is 31.2 Å². The molecule has 1 aromatic rings. The lowest BCUT2D eigenvalue weighted by Crippen LogP contribution is -2.36. The van der Waals surface area contributed by atoms with Crippen molar-refractivity contribution in [3.8, 4) is 11.5 Å². The Hall–Kier alpha value is -2.30. The van der Waals surface area contributed by atoms with Crippen LogP contribution in [-0.2, 0) is 4.79 Å².